The van der Waals surface area contributed by atoms with Gasteiger partial charge in [-0.05, 0) is 30.0 Å². The molecule has 0 aliphatic heterocycles. The molecule has 1 heterocycles. The summed E-state index contributed by atoms with van der Waals surface area (Å²) in [4.78, 5) is 4.44. The number of nitriles is 1. The summed E-state index contributed by atoms with van der Waals surface area (Å²) in [6, 6.07) is 8.18. The molecule has 2 aromatic rings. The number of nitrogens with zero attached hydrogens (tertiary/aromatic N) is 2. The van der Waals surface area contributed by atoms with Gasteiger partial charge in [-0.2, -0.15) is 5.26 Å². The number of fused-ring (bicyclic) bond motifs is 1. The largest absolute Gasteiger partial charge is 0.441 e. The van der Waals surface area contributed by atoms with Gasteiger partial charge >= 0.3 is 0 Å². The zero-order valence-electron chi connectivity index (χ0n) is 12.4. The molecule has 0 radical (unpaired) electrons. The number of hydrogen-bond donors (Lipinski definition) is 1. The number of nitrogens with one attached hydrogen (secondary N) is 1. The number of aryl methyl sites for hydroxylation is 1. The molecule has 4 heteroatoms. The van der Waals surface area contributed by atoms with Gasteiger partial charge in [0.2, 0.25) is 0 Å². The molecule has 0 fully saturated rings. The van der Waals surface area contributed by atoms with Gasteiger partial charge in [-0.15, -0.1) is 0 Å². The summed E-state index contributed by atoms with van der Waals surface area (Å²) in [6.45, 7) is 7.20. The maximum atomic E-state index is 8.67. The zero-order valence-corrected chi connectivity index (χ0v) is 12.4. The predicted molar refractivity (Wildman–Crippen MR) is 80.5 cm³/mol. The highest BCUT2D eigenvalue weighted by molar-refractivity contribution is 5.77. The van der Waals surface area contributed by atoms with E-state index < -0.39 is 0 Å². The van der Waals surface area contributed by atoms with E-state index in [1.165, 1.54) is 0 Å². The Labute approximate surface area is 119 Å². The molecule has 0 aliphatic rings. The molecule has 0 amide bonds. The molecule has 0 saturated heterocycles. The van der Waals surface area contributed by atoms with Gasteiger partial charge in [0, 0.05) is 25.1 Å². The minimum atomic E-state index is 0.100. The fourth-order valence-electron chi connectivity index (χ4n) is 2.06. The maximum Gasteiger partial charge on any atom is 0.195 e. The van der Waals surface area contributed by atoms with Crippen LogP contribution in [0.4, 0.5) is 5.69 Å². The summed E-state index contributed by atoms with van der Waals surface area (Å²) in [6.07, 6.45) is 2.29. The Hall–Kier alpha value is -2.02. The van der Waals surface area contributed by atoms with Crippen molar-refractivity contribution in [3.05, 3.63) is 24.1 Å². The lowest BCUT2D eigenvalue weighted by Gasteiger charge is -2.24. The lowest BCUT2D eigenvalue weighted by Crippen LogP contribution is -2.22. The van der Waals surface area contributed by atoms with Gasteiger partial charge in [0.25, 0.3) is 0 Å². The summed E-state index contributed by atoms with van der Waals surface area (Å²) in [5.41, 5.74) is 2.86. The number of hydrogen-bond acceptors (Lipinski definition) is 4. The average molecular weight is 271 g/mol. The van der Waals surface area contributed by atoms with Gasteiger partial charge in [-0.25, -0.2) is 4.98 Å². The number of benzene rings is 1. The number of rotatable bonds is 6. The van der Waals surface area contributed by atoms with Gasteiger partial charge in [0.15, 0.2) is 11.5 Å². The lowest BCUT2D eigenvalue weighted by atomic mass is 9.88. The van der Waals surface area contributed by atoms with Crippen molar-refractivity contribution in [1.29, 1.82) is 5.26 Å². The molecular formula is C16H21N3O. The first-order valence-corrected chi connectivity index (χ1v) is 7.04. The fraction of sp³-hybridized carbons (Fsp3) is 0.500. The third-order valence-corrected chi connectivity index (χ3v) is 3.42. The van der Waals surface area contributed by atoms with Crippen LogP contribution in [0.1, 0.15) is 39.5 Å². The summed E-state index contributed by atoms with van der Waals surface area (Å²) in [5.74, 6) is 0.770. The molecule has 4 nitrogen and oxygen atoms in total. The summed E-state index contributed by atoms with van der Waals surface area (Å²) in [7, 11) is 0. The molecule has 106 valence electrons. The van der Waals surface area contributed by atoms with Gasteiger partial charge < -0.3 is 9.73 Å². The zero-order chi connectivity index (χ0) is 14.6. The minimum absolute atomic E-state index is 0.100. The molecule has 0 spiro atoms. The second kappa shape index (κ2) is 5.96. The molecule has 1 aromatic heterocycles. The minimum Gasteiger partial charge on any atom is -0.441 e. The van der Waals surface area contributed by atoms with Crippen LogP contribution in [0.2, 0.25) is 0 Å². The Bertz CT molecular complexity index is 622. The highest BCUT2D eigenvalue weighted by Gasteiger charge is 2.17. The first kappa shape index (κ1) is 14.4. The van der Waals surface area contributed by atoms with E-state index in [0.717, 1.165) is 42.1 Å². The second-order valence-electron chi connectivity index (χ2n) is 5.82. The summed E-state index contributed by atoms with van der Waals surface area (Å²) in [5, 5.41) is 12.1. The van der Waals surface area contributed by atoms with Crippen LogP contribution in [0.5, 0.6) is 0 Å². The predicted octanol–water partition coefficient (Wildman–Crippen LogP) is 4.13. The quantitative estimate of drug-likeness (QED) is 0.858. The van der Waals surface area contributed by atoms with Crippen LogP contribution in [0.25, 0.3) is 11.1 Å². The van der Waals surface area contributed by atoms with Gasteiger partial charge in [-0.3, -0.25) is 0 Å². The Morgan fingerprint density at radius 3 is 2.90 bits per heavy atom. The first-order valence-electron chi connectivity index (χ1n) is 7.04. The van der Waals surface area contributed by atoms with Crippen LogP contribution in [0, 0.1) is 16.7 Å². The van der Waals surface area contributed by atoms with E-state index in [4.69, 9.17) is 9.68 Å². The van der Waals surface area contributed by atoms with E-state index in [1.54, 1.807) is 0 Å². The molecule has 0 aliphatic carbocycles. The van der Waals surface area contributed by atoms with Crippen molar-refractivity contribution in [2.24, 2.45) is 5.41 Å². The van der Waals surface area contributed by atoms with Crippen molar-refractivity contribution in [1.82, 2.24) is 4.98 Å². The van der Waals surface area contributed by atoms with Crippen LogP contribution >= 0.6 is 0 Å². The Morgan fingerprint density at radius 2 is 2.20 bits per heavy atom. The molecule has 2 rings (SSSR count). The van der Waals surface area contributed by atoms with E-state index in [-0.39, 0.29) is 5.41 Å². The van der Waals surface area contributed by atoms with E-state index in [0.29, 0.717) is 6.42 Å². The van der Waals surface area contributed by atoms with Crippen molar-refractivity contribution in [3.8, 4) is 6.07 Å². The third-order valence-electron chi connectivity index (χ3n) is 3.42. The topological polar surface area (TPSA) is 61.9 Å². The molecule has 0 saturated carbocycles. The Kier molecular flexibility index (Phi) is 4.29. The van der Waals surface area contributed by atoms with E-state index in [1.807, 2.05) is 25.1 Å². The third kappa shape index (κ3) is 3.51. The van der Waals surface area contributed by atoms with Gasteiger partial charge in [0.05, 0.1) is 6.07 Å². The standard InChI is InChI=1S/C16H21N3O/c1-4-15-19-13-10-12(6-7-14(13)20-15)18-11-16(2,3)8-5-9-17/h6-7,10,18H,4-5,8,11H2,1-3H3. The van der Waals surface area contributed by atoms with E-state index in [2.05, 4.69) is 30.2 Å². The molecule has 1 N–H and O–H groups in total. The smallest absolute Gasteiger partial charge is 0.195 e. The van der Waals surface area contributed by atoms with E-state index >= 15 is 0 Å². The van der Waals surface area contributed by atoms with Crippen molar-refractivity contribution in [2.45, 2.75) is 40.0 Å². The fourth-order valence-corrected chi connectivity index (χ4v) is 2.06. The molecule has 0 atom stereocenters. The first-order chi connectivity index (χ1) is 9.54. The van der Waals surface area contributed by atoms with Crippen LogP contribution < -0.4 is 5.32 Å². The van der Waals surface area contributed by atoms with Crippen molar-refractivity contribution in [2.75, 3.05) is 11.9 Å². The molecule has 1 aromatic carbocycles. The molecule has 0 bridgehead atoms. The Morgan fingerprint density at radius 1 is 1.40 bits per heavy atom. The van der Waals surface area contributed by atoms with Crippen LogP contribution in [0.15, 0.2) is 22.6 Å². The van der Waals surface area contributed by atoms with Crippen LogP contribution in [-0.4, -0.2) is 11.5 Å². The monoisotopic (exact) mass is 271 g/mol. The summed E-state index contributed by atoms with van der Waals surface area (Å²) >= 11 is 0. The van der Waals surface area contributed by atoms with Crippen molar-refractivity contribution >= 4 is 16.8 Å². The van der Waals surface area contributed by atoms with Crippen molar-refractivity contribution < 1.29 is 4.42 Å². The lowest BCUT2D eigenvalue weighted by molar-refractivity contribution is 0.364. The normalized spacial score (nSPS) is 11.5. The highest BCUT2D eigenvalue weighted by Crippen LogP contribution is 2.25. The highest BCUT2D eigenvalue weighted by atomic mass is 16.3. The van der Waals surface area contributed by atoms with Crippen molar-refractivity contribution in [3.63, 3.8) is 0 Å². The SMILES string of the molecule is CCc1nc2cc(NCC(C)(C)CCC#N)ccc2o1. The molecule has 0 unspecified atom stereocenters. The van der Waals surface area contributed by atoms with Gasteiger partial charge in [-0.1, -0.05) is 20.8 Å². The van der Waals surface area contributed by atoms with Crippen LogP contribution in [0.3, 0.4) is 0 Å². The van der Waals surface area contributed by atoms with E-state index in [9.17, 15) is 0 Å². The maximum absolute atomic E-state index is 8.67. The molecule has 20 heavy (non-hydrogen) atoms. The average Bonchev–Trinajstić information content (AvgIpc) is 2.85. The number of anilines is 1. The Balaban J connectivity index is 2.04. The van der Waals surface area contributed by atoms with Gasteiger partial charge in [0.1, 0.15) is 5.52 Å². The van der Waals surface area contributed by atoms with Crippen LogP contribution in [-0.2, 0) is 6.42 Å². The number of aromatic nitrogens is 1. The summed E-state index contributed by atoms with van der Waals surface area (Å²) < 4.78 is 5.60. The second-order valence-corrected chi connectivity index (χ2v) is 5.82. The number of oxazole rings is 1. The molecular weight excluding hydrogens is 250 g/mol.